The fourth-order valence-corrected chi connectivity index (χ4v) is 3.41. The summed E-state index contributed by atoms with van der Waals surface area (Å²) in [4.78, 5) is 2.13. The Labute approximate surface area is 144 Å². The lowest BCUT2D eigenvalue weighted by molar-refractivity contribution is -0.692. The average molecular weight is 326 g/mol. The summed E-state index contributed by atoms with van der Waals surface area (Å²) in [6.07, 6.45) is 10.4. The molecule has 0 N–H and O–H groups in total. The molecule has 3 heteroatoms. The largest absolute Gasteiger partial charge is 0.378 e. The number of hydrogen-bond donors (Lipinski definition) is 1. The minimum Gasteiger partial charge on any atom is -0.378 e. The third-order valence-electron chi connectivity index (χ3n) is 4.45. The Hall–Kier alpha value is -1.74. The third kappa shape index (κ3) is 3.78. The molecule has 0 bridgehead atoms. The van der Waals surface area contributed by atoms with Crippen molar-refractivity contribution in [1.82, 2.24) is 0 Å². The van der Waals surface area contributed by atoms with Gasteiger partial charge in [0, 0.05) is 37.2 Å². The molecule has 0 unspecified atom stereocenters. The molecule has 1 aromatic carbocycles. The van der Waals surface area contributed by atoms with E-state index in [1.807, 2.05) is 0 Å². The Morgan fingerprint density at radius 2 is 1.91 bits per heavy atom. The van der Waals surface area contributed by atoms with Crippen molar-refractivity contribution >= 4 is 30.0 Å². The molecule has 1 aliphatic carbocycles. The number of fused-ring (bicyclic) bond motifs is 1. The first-order valence-electron chi connectivity index (χ1n) is 8.28. The summed E-state index contributed by atoms with van der Waals surface area (Å²) in [6.45, 7) is 0.974. The van der Waals surface area contributed by atoms with Crippen molar-refractivity contribution in [3.05, 3.63) is 59.4 Å². The SMILES string of the molecule is CN(C)c1ccc(/C=C2\CCCc3c[n+](CCS)ccc32)cc1. The molecule has 0 amide bonds. The van der Waals surface area contributed by atoms with E-state index in [-0.39, 0.29) is 0 Å². The standard InChI is InChI=1S/C20H24N2S/c1-21(2)19-8-6-16(7-9-19)14-17-4-3-5-18-15-22(12-13-23)11-10-20(17)18/h6-11,14-15H,3-5,12-13H2,1-2H3/p+1. The van der Waals surface area contributed by atoms with Crippen LogP contribution in [0.2, 0.25) is 0 Å². The molecule has 2 nitrogen and oxygen atoms in total. The molecule has 120 valence electrons. The Kier molecular flexibility index (Phi) is 5.06. The van der Waals surface area contributed by atoms with Crippen LogP contribution < -0.4 is 9.47 Å². The first-order valence-corrected chi connectivity index (χ1v) is 8.92. The molecule has 0 atom stereocenters. The summed E-state index contributed by atoms with van der Waals surface area (Å²) >= 11 is 4.33. The summed E-state index contributed by atoms with van der Waals surface area (Å²) < 4.78 is 2.25. The van der Waals surface area contributed by atoms with Crippen molar-refractivity contribution < 1.29 is 4.57 Å². The second kappa shape index (κ2) is 7.22. The highest BCUT2D eigenvalue weighted by atomic mass is 32.1. The van der Waals surface area contributed by atoms with Gasteiger partial charge < -0.3 is 4.90 Å². The minimum absolute atomic E-state index is 0.879. The van der Waals surface area contributed by atoms with E-state index in [1.165, 1.54) is 47.2 Å². The zero-order valence-corrected chi connectivity index (χ0v) is 14.9. The molecule has 1 aromatic heterocycles. The van der Waals surface area contributed by atoms with Gasteiger partial charge in [0.05, 0.1) is 0 Å². The van der Waals surface area contributed by atoms with Crippen molar-refractivity contribution in [3.8, 4) is 0 Å². The molecule has 0 saturated heterocycles. The van der Waals surface area contributed by atoms with Crippen LogP contribution in [-0.2, 0) is 13.0 Å². The zero-order chi connectivity index (χ0) is 16.2. The lowest BCUT2D eigenvalue weighted by atomic mass is 9.87. The Morgan fingerprint density at radius 1 is 1.13 bits per heavy atom. The first-order chi connectivity index (χ1) is 11.2. The van der Waals surface area contributed by atoms with Crippen molar-refractivity contribution in [2.75, 3.05) is 24.7 Å². The predicted molar refractivity (Wildman–Crippen MR) is 102 cm³/mol. The second-order valence-corrected chi connectivity index (χ2v) is 6.80. The summed E-state index contributed by atoms with van der Waals surface area (Å²) in [5.74, 6) is 0.879. The van der Waals surface area contributed by atoms with Crippen molar-refractivity contribution in [2.45, 2.75) is 25.8 Å². The van der Waals surface area contributed by atoms with E-state index in [9.17, 15) is 0 Å². The van der Waals surface area contributed by atoms with E-state index in [1.54, 1.807) is 0 Å². The summed E-state index contributed by atoms with van der Waals surface area (Å²) in [5, 5.41) is 0. The fourth-order valence-electron chi connectivity index (χ4n) is 3.18. The topological polar surface area (TPSA) is 7.12 Å². The number of allylic oxidation sites excluding steroid dienone is 1. The predicted octanol–water partition coefficient (Wildman–Crippen LogP) is 3.85. The number of aromatic nitrogens is 1. The van der Waals surface area contributed by atoms with Crippen LogP contribution >= 0.6 is 12.6 Å². The number of aryl methyl sites for hydroxylation is 2. The van der Waals surface area contributed by atoms with Crippen LogP contribution in [0.3, 0.4) is 0 Å². The molecule has 23 heavy (non-hydrogen) atoms. The van der Waals surface area contributed by atoms with Crippen LogP contribution in [0.25, 0.3) is 11.6 Å². The van der Waals surface area contributed by atoms with Gasteiger partial charge in [-0.25, -0.2) is 4.57 Å². The highest BCUT2D eigenvalue weighted by molar-refractivity contribution is 7.80. The molecular weight excluding hydrogens is 300 g/mol. The quantitative estimate of drug-likeness (QED) is 0.662. The fraction of sp³-hybridized carbons (Fsp3) is 0.350. The normalized spacial score (nSPS) is 15.5. The van der Waals surface area contributed by atoms with E-state index in [0.29, 0.717) is 0 Å². The highest BCUT2D eigenvalue weighted by Crippen LogP contribution is 2.31. The average Bonchev–Trinajstić information content (AvgIpc) is 2.56. The maximum atomic E-state index is 4.33. The lowest BCUT2D eigenvalue weighted by Gasteiger charge is -2.18. The zero-order valence-electron chi connectivity index (χ0n) is 14.0. The molecule has 1 heterocycles. The maximum absolute atomic E-state index is 4.33. The summed E-state index contributed by atoms with van der Waals surface area (Å²) in [5.41, 5.74) is 6.87. The molecule has 0 fully saturated rings. The molecule has 0 aliphatic heterocycles. The van der Waals surface area contributed by atoms with E-state index in [4.69, 9.17) is 0 Å². The molecular formula is C20H25N2S+. The Balaban J connectivity index is 1.89. The highest BCUT2D eigenvalue weighted by Gasteiger charge is 2.17. The number of hydrogen-bond acceptors (Lipinski definition) is 2. The van der Waals surface area contributed by atoms with Crippen molar-refractivity contribution in [2.24, 2.45) is 0 Å². The van der Waals surface area contributed by atoms with Crippen LogP contribution in [0.5, 0.6) is 0 Å². The maximum Gasteiger partial charge on any atom is 0.172 e. The van der Waals surface area contributed by atoms with Gasteiger partial charge in [0.25, 0.3) is 0 Å². The van der Waals surface area contributed by atoms with E-state index in [2.05, 4.69) is 85.0 Å². The second-order valence-electron chi connectivity index (χ2n) is 6.35. The van der Waals surface area contributed by atoms with E-state index >= 15 is 0 Å². The van der Waals surface area contributed by atoms with Crippen LogP contribution in [0.15, 0.2) is 42.7 Å². The molecule has 2 aromatic rings. The number of rotatable bonds is 4. The van der Waals surface area contributed by atoms with Gasteiger partial charge >= 0.3 is 0 Å². The summed E-state index contributed by atoms with van der Waals surface area (Å²) in [6, 6.07) is 11.1. The van der Waals surface area contributed by atoms with E-state index < -0.39 is 0 Å². The Morgan fingerprint density at radius 3 is 2.61 bits per heavy atom. The van der Waals surface area contributed by atoms with Gasteiger partial charge in [0.15, 0.2) is 18.9 Å². The van der Waals surface area contributed by atoms with Crippen LogP contribution in [0.4, 0.5) is 5.69 Å². The van der Waals surface area contributed by atoms with Crippen molar-refractivity contribution in [1.29, 1.82) is 0 Å². The van der Waals surface area contributed by atoms with Gasteiger partial charge in [-0.2, -0.15) is 12.6 Å². The monoisotopic (exact) mass is 325 g/mol. The van der Waals surface area contributed by atoms with Gasteiger partial charge in [-0.1, -0.05) is 18.2 Å². The van der Waals surface area contributed by atoms with Crippen molar-refractivity contribution in [3.63, 3.8) is 0 Å². The third-order valence-corrected chi connectivity index (χ3v) is 4.65. The van der Waals surface area contributed by atoms with Gasteiger partial charge in [0.1, 0.15) is 0 Å². The smallest absolute Gasteiger partial charge is 0.172 e. The number of nitrogens with zero attached hydrogens (tertiary/aromatic N) is 2. The first kappa shape index (κ1) is 16.1. The Bertz CT molecular complexity index is 702. The molecule has 1 aliphatic rings. The van der Waals surface area contributed by atoms with Gasteiger partial charge in [-0.3, -0.25) is 0 Å². The minimum atomic E-state index is 0.879. The molecule has 0 saturated carbocycles. The molecule has 3 rings (SSSR count). The van der Waals surface area contributed by atoms with Crippen LogP contribution in [0.1, 0.15) is 29.5 Å². The van der Waals surface area contributed by atoms with Gasteiger partial charge in [-0.15, -0.1) is 0 Å². The van der Waals surface area contributed by atoms with Crippen LogP contribution in [0, 0.1) is 0 Å². The lowest BCUT2D eigenvalue weighted by Crippen LogP contribution is -2.35. The number of benzene rings is 1. The summed E-state index contributed by atoms with van der Waals surface area (Å²) in [7, 11) is 4.15. The van der Waals surface area contributed by atoms with E-state index in [0.717, 1.165) is 12.3 Å². The van der Waals surface area contributed by atoms with Gasteiger partial charge in [0.2, 0.25) is 0 Å². The van der Waals surface area contributed by atoms with Crippen LogP contribution in [-0.4, -0.2) is 19.8 Å². The van der Waals surface area contributed by atoms with Gasteiger partial charge in [-0.05, 0) is 48.1 Å². The number of anilines is 1. The number of thiol groups is 1. The molecule has 0 radical (unpaired) electrons. The molecule has 0 spiro atoms. The number of pyridine rings is 1.